The number of Topliss-reactive ketones (excluding diaryl/α,β-unsaturated/α-hetero) is 1. The Morgan fingerprint density at radius 2 is 1.05 bits per heavy atom. The van der Waals surface area contributed by atoms with Gasteiger partial charge in [0.05, 0.1) is 18.0 Å². The number of alkyl carbamates (subject to hydrolysis) is 2. The van der Waals surface area contributed by atoms with Gasteiger partial charge in [-0.1, -0.05) is 48.4 Å². The third kappa shape index (κ3) is 10.6. The molecule has 2 N–H and O–H groups in total. The van der Waals surface area contributed by atoms with Crippen LogP contribution < -0.4 is 10.6 Å². The van der Waals surface area contributed by atoms with Crippen molar-refractivity contribution in [3.63, 3.8) is 0 Å². The molecular formula is C34H36F2N2O5. The van der Waals surface area contributed by atoms with Gasteiger partial charge in [0.1, 0.15) is 22.8 Å². The lowest BCUT2D eigenvalue weighted by Gasteiger charge is -2.34. The van der Waals surface area contributed by atoms with Crippen molar-refractivity contribution in [3.8, 4) is 11.8 Å². The third-order valence-electron chi connectivity index (χ3n) is 5.93. The summed E-state index contributed by atoms with van der Waals surface area (Å²) in [6.07, 6.45) is -1.71. The first-order valence-electron chi connectivity index (χ1n) is 13.7. The number of halogens is 2. The van der Waals surface area contributed by atoms with Crippen molar-refractivity contribution in [1.29, 1.82) is 0 Å². The molecule has 0 aromatic heterocycles. The zero-order valence-corrected chi connectivity index (χ0v) is 25.0. The average molecular weight is 591 g/mol. The van der Waals surface area contributed by atoms with E-state index >= 15 is 0 Å². The molecule has 0 radical (unpaired) electrons. The summed E-state index contributed by atoms with van der Waals surface area (Å²) in [5.41, 5.74) is -0.522. The monoisotopic (exact) mass is 590 g/mol. The molecule has 0 bridgehead atoms. The van der Waals surface area contributed by atoms with E-state index in [1.165, 1.54) is 48.5 Å². The topological polar surface area (TPSA) is 93.7 Å². The van der Waals surface area contributed by atoms with Gasteiger partial charge in [0, 0.05) is 5.56 Å². The summed E-state index contributed by atoms with van der Waals surface area (Å²) in [7, 11) is 0. The van der Waals surface area contributed by atoms with E-state index in [0.29, 0.717) is 16.7 Å². The fourth-order valence-corrected chi connectivity index (χ4v) is 4.20. The summed E-state index contributed by atoms with van der Waals surface area (Å²) < 4.78 is 38.9. The molecular weight excluding hydrogens is 554 g/mol. The molecule has 9 heteroatoms. The molecule has 3 aromatic carbocycles. The van der Waals surface area contributed by atoms with Gasteiger partial charge in [0.25, 0.3) is 0 Å². The number of hydrogen-bond acceptors (Lipinski definition) is 5. The van der Waals surface area contributed by atoms with Crippen LogP contribution in [0.5, 0.6) is 0 Å². The third-order valence-corrected chi connectivity index (χ3v) is 5.93. The smallest absolute Gasteiger partial charge is 0.408 e. The van der Waals surface area contributed by atoms with Gasteiger partial charge >= 0.3 is 12.2 Å². The van der Waals surface area contributed by atoms with E-state index in [2.05, 4.69) is 22.5 Å². The Balaban J connectivity index is 2.22. The van der Waals surface area contributed by atoms with Gasteiger partial charge in [-0.25, -0.2) is 18.4 Å². The second-order valence-electron chi connectivity index (χ2n) is 11.9. The van der Waals surface area contributed by atoms with Crippen molar-refractivity contribution in [2.75, 3.05) is 0 Å². The Morgan fingerprint density at radius 3 is 1.42 bits per heavy atom. The average Bonchev–Trinajstić information content (AvgIpc) is 2.90. The highest BCUT2D eigenvalue weighted by atomic mass is 19.1. The van der Waals surface area contributed by atoms with Crippen LogP contribution in [0.1, 0.15) is 70.3 Å². The minimum atomic E-state index is -1.31. The number of ether oxygens (including phenoxy) is 2. The number of carbonyl (C=O) groups is 3. The summed E-state index contributed by atoms with van der Waals surface area (Å²) >= 11 is 0. The number of benzene rings is 3. The molecule has 43 heavy (non-hydrogen) atoms. The molecule has 0 unspecified atom stereocenters. The number of rotatable bonds is 7. The van der Waals surface area contributed by atoms with Crippen LogP contribution in [0, 0.1) is 29.4 Å². The maximum atomic E-state index is 14.1. The molecule has 2 amide bonds. The van der Waals surface area contributed by atoms with E-state index < -0.39 is 58.8 Å². The minimum absolute atomic E-state index is 0.338. The summed E-state index contributed by atoms with van der Waals surface area (Å²) in [5, 5.41) is 5.47. The van der Waals surface area contributed by atoms with Crippen molar-refractivity contribution in [1.82, 2.24) is 10.6 Å². The molecule has 0 aliphatic carbocycles. The normalized spacial score (nSPS) is 12.8. The second kappa shape index (κ2) is 14.0. The van der Waals surface area contributed by atoms with Crippen LogP contribution in [-0.4, -0.2) is 29.2 Å². The van der Waals surface area contributed by atoms with Crippen molar-refractivity contribution >= 4 is 18.0 Å². The van der Waals surface area contributed by atoms with Gasteiger partial charge in [-0.2, -0.15) is 0 Å². The van der Waals surface area contributed by atoms with Crippen LogP contribution in [0.3, 0.4) is 0 Å². The molecule has 226 valence electrons. The number of amides is 2. The minimum Gasteiger partial charge on any atom is -0.444 e. The predicted octanol–water partition coefficient (Wildman–Crippen LogP) is 7.03. The van der Waals surface area contributed by atoms with Crippen LogP contribution >= 0.6 is 0 Å². The van der Waals surface area contributed by atoms with E-state index in [9.17, 15) is 23.2 Å². The summed E-state index contributed by atoms with van der Waals surface area (Å²) in [5.74, 6) is 2.43. The highest BCUT2D eigenvalue weighted by molar-refractivity contribution is 5.99. The standard InChI is InChI=1S/C34H36F2N2O5/c1-33(2,3)42-31(40)37-29(23-13-17-25(35)18-14-23)28(27(39)21-12-22-10-8-7-9-11-22)30(24-15-19-26(36)20-16-24)38-32(41)43-34(4,5)6/h7-11,13-20,28-30H,1-6H3,(H,37,40)(H,38,41)/t29-,30-/m1/s1. The number of ketones is 1. The van der Waals surface area contributed by atoms with Crippen molar-refractivity contribution in [2.24, 2.45) is 5.92 Å². The Morgan fingerprint density at radius 1 is 0.651 bits per heavy atom. The maximum absolute atomic E-state index is 14.1. The molecule has 0 saturated carbocycles. The molecule has 0 saturated heterocycles. The molecule has 0 aliphatic rings. The highest BCUT2D eigenvalue weighted by Gasteiger charge is 2.40. The lowest BCUT2D eigenvalue weighted by molar-refractivity contribution is -0.119. The Kier molecular flexibility index (Phi) is 10.7. The molecule has 3 rings (SSSR count). The SMILES string of the molecule is CC(C)(C)OC(=O)N[C@H](c1ccc(F)cc1)C(C(=O)C#Cc1ccccc1)[C@H](NC(=O)OC(C)(C)C)c1ccc(F)cc1. The predicted molar refractivity (Wildman–Crippen MR) is 159 cm³/mol. The molecule has 0 heterocycles. The lowest BCUT2D eigenvalue weighted by Crippen LogP contribution is -2.46. The van der Waals surface area contributed by atoms with Crippen LogP contribution in [0.25, 0.3) is 0 Å². The van der Waals surface area contributed by atoms with E-state index in [-0.39, 0.29) is 0 Å². The fourth-order valence-electron chi connectivity index (χ4n) is 4.20. The van der Waals surface area contributed by atoms with Crippen LogP contribution in [0.4, 0.5) is 18.4 Å². The molecule has 3 aromatic rings. The number of nitrogens with one attached hydrogen (secondary N) is 2. The van der Waals surface area contributed by atoms with Crippen LogP contribution in [-0.2, 0) is 14.3 Å². The van der Waals surface area contributed by atoms with E-state index in [0.717, 1.165) is 0 Å². The van der Waals surface area contributed by atoms with Crippen LogP contribution in [0.15, 0.2) is 78.9 Å². The van der Waals surface area contributed by atoms with Crippen molar-refractivity contribution in [3.05, 3.63) is 107 Å². The largest absolute Gasteiger partial charge is 0.444 e. The molecule has 0 fully saturated rings. The van der Waals surface area contributed by atoms with Gasteiger partial charge in [0.2, 0.25) is 5.78 Å². The zero-order valence-electron chi connectivity index (χ0n) is 25.0. The van der Waals surface area contributed by atoms with Crippen LogP contribution in [0.2, 0.25) is 0 Å². The van der Waals surface area contributed by atoms with E-state index in [1.807, 2.05) is 0 Å². The highest BCUT2D eigenvalue weighted by Crippen LogP contribution is 2.35. The number of carbonyl (C=O) groups excluding carboxylic acids is 3. The van der Waals surface area contributed by atoms with Gasteiger partial charge in [-0.15, -0.1) is 0 Å². The van der Waals surface area contributed by atoms with Gasteiger partial charge in [0.15, 0.2) is 0 Å². The maximum Gasteiger partial charge on any atom is 0.408 e. The Labute approximate surface area is 251 Å². The summed E-state index contributed by atoms with van der Waals surface area (Å²) in [6.45, 7) is 10.1. The van der Waals surface area contributed by atoms with Gasteiger partial charge in [-0.3, -0.25) is 4.79 Å². The molecule has 0 spiro atoms. The van der Waals surface area contributed by atoms with Crippen molar-refractivity contribution in [2.45, 2.75) is 64.8 Å². The fraction of sp³-hybridized carbons (Fsp3) is 0.324. The summed E-state index contributed by atoms with van der Waals surface area (Å²) in [6, 6.07) is 16.8. The number of hydrogen-bond donors (Lipinski definition) is 2. The summed E-state index contributed by atoms with van der Waals surface area (Å²) in [4.78, 5) is 40.3. The van der Waals surface area contributed by atoms with E-state index in [4.69, 9.17) is 9.47 Å². The Hall–Kier alpha value is -4.71. The molecule has 0 aliphatic heterocycles. The first-order chi connectivity index (χ1) is 20.1. The second-order valence-corrected chi connectivity index (χ2v) is 11.9. The quantitative estimate of drug-likeness (QED) is 0.288. The zero-order chi connectivity index (χ0) is 31.8. The Bertz CT molecular complexity index is 1390. The first kappa shape index (κ1) is 32.8. The van der Waals surface area contributed by atoms with Gasteiger partial charge in [-0.05, 0) is 95.0 Å². The lowest BCUT2D eigenvalue weighted by atomic mass is 9.80. The first-order valence-corrected chi connectivity index (χ1v) is 13.7. The van der Waals surface area contributed by atoms with E-state index in [1.54, 1.807) is 71.9 Å². The van der Waals surface area contributed by atoms with Crippen molar-refractivity contribution < 1.29 is 32.6 Å². The van der Waals surface area contributed by atoms with Gasteiger partial charge < -0.3 is 20.1 Å². The molecule has 2 atom stereocenters. The molecule has 7 nitrogen and oxygen atoms in total.